The summed E-state index contributed by atoms with van der Waals surface area (Å²) in [6.45, 7) is 3.00. The molecule has 1 aromatic rings. The summed E-state index contributed by atoms with van der Waals surface area (Å²) in [5.74, 6) is 0. The lowest BCUT2D eigenvalue weighted by Gasteiger charge is -1.98. The number of rotatable bonds is 2. The van der Waals surface area contributed by atoms with E-state index in [4.69, 9.17) is 0 Å². The van der Waals surface area contributed by atoms with E-state index in [-0.39, 0.29) is 0 Å². The van der Waals surface area contributed by atoms with E-state index in [0.717, 1.165) is 12.2 Å². The lowest BCUT2D eigenvalue weighted by Crippen LogP contribution is -1.95. The van der Waals surface area contributed by atoms with Crippen LogP contribution in [0.5, 0.6) is 0 Å². The topological polar surface area (TPSA) is 24.9 Å². The second-order valence-electron chi connectivity index (χ2n) is 1.70. The maximum absolute atomic E-state index is 3.76. The third-order valence-electron chi connectivity index (χ3n) is 1.00. The monoisotopic (exact) mass is 121 g/mol. The van der Waals surface area contributed by atoms with Crippen molar-refractivity contribution in [2.45, 2.75) is 6.92 Å². The Morgan fingerprint density at radius 2 is 2.67 bits per heavy atom. The summed E-state index contributed by atoms with van der Waals surface area (Å²) < 4.78 is 0. The number of nitrogens with one attached hydrogen (secondary N) is 1. The summed E-state index contributed by atoms with van der Waals surface area (Å²) in [6, 6.07) is 3.74. The van der Waals surface area contributed by atoms with Gasteiger partial charge in [-0.3, -0.25) is 4.98 Å². The first kappa shape index (κ1) is 6.08. The highest BCUT2D eigenvalue weighted by molar-refractivity contribution is 5.39. The molecule has 0 unspecified atom stereocenters. The second kappa shape index (κ2) is 3.07. The molecule has 0 atom stereocenters. The van der Waals surface area contributed by atoms with Gasteiger partial charge < -0.3 is 5.32 Å². The average molecular weight is 121 g/mol. The van der Waals surface area contributed by atoms with E-state index in [9.17, 15) is 0 Å². The van der Waals surface area contributed by atoms with Crippen molar-refractivity contribution in [3.05, 3.63) is 24.5 Å². The molecule has 2 heteroatoms. The fourth-order valence-corrected chi connectivity index (χ4v) is 0.630. The van der Waals surface area contributed by atoms with Crippen LogP contribution in [0.1, 0.15) is 6.92 Å². The van der Waals surface area contributed by atoms with Crippen molar-refractivity contribution >= 4 is 5.69 Å². The zero-order valence-electron chi connectivity index (χ0n) is 5.39. The molecular formula is C7H9N2. The molecule has 1 heterocycles. The van der Waals surface area contributed by atoms with Gasteiger partial charge in [0.2, 0.25) is 0 Å². The fraction of sp³-hybridized carbons (Fsp3) is 0.286. The lowest BCUT2D eigenvalue weighted by atomic mass is 10.4. The van der Waals surface area contributed by atoms with E-state index >= 15 is 0 Å². The highest BCUT2D eigenvalue weighted by atomic mass is 14.9. The van der Waals surface area contributed by atoms with Gasteiger partial charge in [-0.25, -0.2) is 0 Å². The van der Waals surface area contributed by atoms with Crippen LogP contribution in [0, 0.1) is 6.20 Å². The highest BCUT2D eigenvalue weighted by Crippen LogP contribution is 2.00. The third kappa shape index (κ3) is 1.72. The van der Waals surface area contributed by atoms with Gasteiger partial charge in [0.15, 0.2) is 0 Å². The van der Waals surface area contributed by atoms with E-state index < -0.39 is 0 Å². The van der Waals surface area contributed by atoms with Gasteiger partial charge in [0, 0.05) is 18.4 Å². The van der Waals surface area contributed by atoms with Crippen LogP contribution in [-0.4, -0.2) is 11.5 Å². The van der Waals surface area contributed by atoms with Crippen molar-refractivity contribution in [3.63, 3.8) is 0 Å². The first-order chi connectivity index (χ1) is 4.43. The minimum Gasteiger partial charge on any atom is -0.385 e. The molecule has 0 bridgehead atoms. The zero-order valence-corrected chi connectivity index (χ0v) is 5.39. The number of hydrogen-bond donors (Lipinski definition) is 1. The predicted molar refractivity (Wildman–Crippen MR) is 37.2 cm³/mol. The van der Waals surface area contributed by atoms with E-state index in [1.165, 1.54) is 0 Å². The van der Waals surface area contributed by atoms with Crippen LogP contribution in [0.4, 0.5) is 5.69 Å². The van der Waals surface area contributed by atoms with Crippen LogP contribution in [-0.2, 0) is 0 Å². The number of hydrogen-bond acceptors (Lipinski definition) is 2. The summed E-state index contributed by atoms with van der Waals surface area (Å²) >= 11 is 0. The largest absolute Gasteiger partial charge is 0.385 e. The smallest absolute Gasteiger partial charge is 0.0907 e. The van der Waals surface area contributed by atoms with Gasteiger partial charge in [-0.15, -0.1) is 0 Å². The second-order valence-corrected chi connectivity index (χ2v) is 1.70. The minimum atomic E-state index is 0.942. The average Bonchev–Trinajstić information content (AvgIpc) is 1.91. The molecule has 1 radical (unpaired) electrons. The van der Waals surface area contributed by atoms with E-state index in [0.29, 0.717) is 0 Å². The number of anilines is 1. The SMILES string of the molecule is CCNc1c[c]ncc1. The Labute approximate surface area is 54.9 Å². The number of pyridine rings is 1. The van der Waals surface area contributed by atoms with Crippen molar-refractivity contribution in [1.82, 2.24) is 4.98 Å². The molecular weight excluding hydrogens is 112 g/mol. The van der Waals surface area contributed by atoms with Gasteiger partial charge in [0.25, 0.3) is 0 Å². The van der Waals surface area contributed by atoms with Crippen LogP contribution in [0.2, 0.25) is 0 Å². The molecule has 0 spiro atoms. The molecule has 0 amide bonds. The summed E-state index contributed by atoms with van der Waals surface area (Å²) in [5.41, 5.74) is 1.08. The molecule has 0 aliphatic carbocycles. The molecule has 1 rings (SSSR count). The van der Waals surface area contributed by atoms with Gasteiger partial charge in [-0.1, -0.05) is 0 Å². The molecule has 0 aliphatic heterocycles. The van der Waals surface area contributed by atoms with Crippen LogP contribution < -0.4 is 5.32 Å². The number of nitrogens with zero attached hydrogens (tertiary/aromatic N) is 1. The summed E-state index contributed by atoms with van der Waals surface area (Å²) in [6.07, 6.45) is 4.45. The van der Waals surface area contributed by atoms with Crippen LogP contribution in [0.3, 0.4) is 0 Å². The number of aromatic nitrogens is 1. The fourth-order valence-electron chi connectivity index (χ4n) is 0.630. The van der Waals surface area contributed by atoms with Crippen molar-refractivity contribution in [2.24, 2.45) is 0 Å². The van der Waals surface area contributed by atoms with Crippen LogP contribution >= 0.6 is 0 Å². The Morgan fingerprint density at radius 1 is 1.78 bits per heavy atom. The van der Waals surface area contributed by atoms with Crippen molar-refractivity contribution in [3.8, 4) is 0 Å². The van der Waals surface area contributed by atoms with E-state index in [2.05, 4.69) is 23.4 Å². The third-order valence-corrected chi connectivity index (χ3v) is 1.00. The Kier molecular flexibility index (Phi) is 2.07. The summed E-state index contributed by atoms with van der Waals surface area (Å²) in [5, 5.41) is 3.14. The highest BCUT2D eigenvalue weighted by Gasteiger charge is 1.82. The molecule has 47 valence electrons. The Hall–Kier alpha value is -1.05. The Bertz CT molecular complexity index is 160. The Balaban J connectivity index is 2.61. The maximum Gasteiger partial charge on any atom is 0.0907 e. The Morgan fingerprint density at radius 3 is 3.22 bits per heavy atom. The lowest BCUT2D eigenvalue weighted by molar-refractivity contribution is 1.20. The molecule has 0 saturated carbocycles. The molecule has 9 heavy (non-hydrogen) atoms. The first-order valence-corrected chi connectivity index (χ1v) is 2.99. The van der Waals surface area contributed by atoms with Gasteiger partial charge in [-0.05, 0) is 19.1 Å². The van der Waals surface area contributed by atoms with E-state index in [1.807, 2.05) is 12.1 Å². The van der Waals surface area contributed by atoms with Gasteiger partial charge >= 0.3 is 0 Å². The minimum absolute atomic E-state index is 0.942. The zero-order chi connectivity index (χ0) is 6.53. The van der Waals surface area contributed by atoms with Crippen LogP contribution in [0.15, 0.2) is 18.3 Å². The van der Waals surface area contributed by atoms with Gasteiger partial charge in [0.1, 0.15) is 0 Å². The summed E-state index contributed by atoms with van der Waals surface area (Å²) in [7, 11) is 0. The van der Waals surface area contributed by atoms with Crippen LogP contribution in [0.25, 0.3) is 0 Å². The quantitative estimate of drug-likeness (QED) is 0.638. The standard InChI is InChI=1S/C7H9N2/c1-2-9-7-3-5-8-6-4-7/h3-5H,2H2,1H3,(H,8,9). The molecule has 0 saturated heterocycles. The van der Waals surface area contributed by atoms with Crippen molar-refractivity contribution < 1.29 is 0 Å². The molecule has 0 fully saturated rings. The molecule has 0 aliphatic rings. The van der Waals surface area contributed by atoms with Gasteiger partial charge in [0.05, 0.1) is 6.20 Å². The molecule has 2 nitrogen and oxygen atoms in total. The maximum atomic E-state index is 3.76. The molecule has 1 N–H and O–H groups in total. The normalized spacial score (nSPS) is 9.00. The molecule has 0 aromatic carbocycles. The summed E-state index contributed by atoms with van der Waals surface area (Å²) in [4.78, 5) is 3.76. The molecule has 1 aromatic heterocycles. The van der Waals surface area contributed by atoms with Crippen molar-refractivity contribution in [2.75, 3.05) is 11.9 Å². The van der Waals surface area contributed by atoms with Crippen molar-refractivity contribution in [1.29, 1.82) is 0 Å². The van der Waals surface area contributed by atoms with E-state index in [1.54, 1.807) is 6.20 Å². The van der Waals surface area contributed by atoms with Gasteiger partial charge in [-0.2, -0.15) is 0 Å². The first-order valence-electron chi connectivity index (χ1n) is 2.99. The predicted octanol–water partition coefficient (Wildman–Crippen LogP) is 1.31.